The minimum atomic E-state index is -1.06. The lowest BCUT2D eigenvalue weighted by atomic mass is 10.3. The number of thiazole rings is 1. The SMILES string of the molecule is C=CCN(CC(=O)O)C(=O)c1csc(-c2cccs2)n1. The monoisotopic (exact) mass is 308 g/mol. The van der Waals surface area contributed by atoms with Gasteiger partial charge in [0.05, 0.1) is 4.88 Å². The molecule has 0 spiro atoms. The first-order chi connectivity index (χ1) is 9.61. The molecule has 1 amide bonds. The summed E-state index contributed by atoms with van der Waals surface area (Å²) in [4.78, 5) is 29.4. The molecule has 0 saturated carbocycles. The number of hydrogen-bond acceptors (Lipinski definition) is 5. The minimum absolute atomic E-state index is 0.178. The highest BCUT2D eigenvalue weighted by atomic mass is 32.1. The van der Waals surface area contributed by atoms with Gasteiger partial charge in [-0.05, 0) is 11.4 Å². The van der Waals surface area contributed by atoms with E-state index in [2.05, 4.69) is 11.6 Å². The van der Waals surface area contributed by atoms with E-state index in [0.717, 1.165) is 9.88 Å². The Balaban J connectivity index is 2.19. The molecular formula is C13H12N2O3S2. The number of amides is 1. The average Bonchev–Trinajstić information content (AvgIpc) is 3.07. The van der Waals surface area contributed by atoms with Gasteiger partial charge in [-0.25, -0.2) is 4.98 Å². The van der Waals surface area contributed by atoms with E-state index < -0.39 is 11.9 Å². The Morgan fingerprint density at radius 1 is 1.45 bits per heavy atom. The van der Waals surface area contributed by atoms with Gasteiger partial charge in [-0.3, -0.25) is 9.59 Å². The van der Waals surface area contributed by atoms with Crippen LogP contribution in [0, 0.1) is 0 Å². The van der Waals surface area contributed by atoms with E-state index in [4.69, 9.17) is 5.11 Å². The molecule has 2 aromatic rings. The van der Waals surface area contributed by atoms with Crippen LogP contribution in [0.4, 0.5) is 0 Å². The number of carbonyl (C=O) groups excluding carboxylic acids is 1. The molecule has 0 saturated heterocycles. The van der Waals surface area contributed by atoms with Crippen molar-refractivity contribution in [3.05, 3.63) is 41.2 Å². The first-order valence-corrected chi connectivity index (χ1v) is 7.49. The Morgan fingerprint density at radius 3 is 2.85 bits per heavy atom. The molecule has 2 aromatic heterocycles. The van der Waals surface area contributed by atoms with Crippen molar-refractivity contribution in [2.75, 3.05) is 13.1 Å². The largest absolute Gasteiger partial charge is 0.480 e. The van der Waals surface area contributed by atoms with E-state index in [1.54, 1.807) is 16.7 Å². The number of carboxylic acids is 1. The van der Waals surface area contributed by atoms with Crippen LogP contribution in [0.2, 0.25) is 0 Å². The average molecular weight is 308 g/mol. The van der Waals surface area contributed by atoms with Gasteiger partial charge in [-0.2, -0.15) is 0 Å². The van der Waals surface area contributed by atoms with Crippen molar-refractivity contribution in [3.63, 3.8) is 0 Å². The topological polar surface area (TPSA) is 70.5 Å². The zero-order valence-electron chi connectivity index (χ0n) is 10.5. The summed E-state index contributed by atoms with van der Waals surface area (Å²) in [5.41, 5.74) is 0.265. The van der Waals surface area contributed by atoms with Crippen molar-refractivity contribution in [1.29, 1.82) is 0 Å². The summed E-state index contributed by atoms with van der Waals surface area (Å²) in [6.45, 7) is 3.34. The maximum Gasteiger partial charge on any atom is 0.323 e. The predicted molar refractivity (Wildman–Crippen MR) is 79.2 cm³/mol. The van der Waals surface area contributed by atoms with E-state index in [1.165, 1.54) is 22.3 Å². The first kappa shape index (κ1) is 14.4. The van der Waals surface area contributed by atoms with Crippen LogP contribution in [-0.2, 0) is 4.79 Å². The quantitative estimate of drug-likeness (QED) is 0.833. The van der Waals surface area contributed by atoms with E-state index in [0.29, 0.717) is 0 Å². The summed E-state index contributed by atoms with van der Waals surface area (Å²) in [6, 6.07) is 3.84. The first-order valence-electron chi connectivity index (χ1n) is 5.73. The summed E-state index contributed by atoms with van der Waals surface area (Å²) in [5.74, 6) is -1.46. The van der Waals surface area contributed by atoms with Crippen molar-refractivity contribution < 1.29 is 14.7 Å². The Bertz CT molecular complexity index is 619. The number of thiophene rings is 1. The number of carbonyl (C=O) groups is 2. The Labute approximate surface area is 123 Å². The highest BCUT2D eigenvalue weighted by Gasteiger charge is 2.20. The number of aromatic nitrogens is 1. The predicted octanol–water partition coefficient (Wildman–Crippen LogP) is 2.58. The summed E-state index contributed by atoms with van der Waals surface area (Å²) in [7, 11) is 0. The second-order valence-electron chi connectivity index (χ2n) is 3.88. The van der Waals surface area contributed by atoms with Gasteiger partial charge >= 0.3 is 5.97 Å². The van der Waals surface area contributed by atoms with Crippen molar-refractivity contribution in [1.82, 2.24) is 9.88 Å². The lowest BCUT2D eigenvalue weighted by molar-refractivity contribution is -0.137. The van der Waals surface area contributed by atoms with Crippen LogP contribution in [0.5, 0.6) is 0 Å². The fourth-order valence-corrected chi connectivity index (χ4v) is 3.19. The van der Waals surface area contributed by atoms with Crippen LogP contribution < -0.4 is 0 Å². The highest BCUT2D eigenvalue weighted by Crippen LogP contribution is 2.28. The molecular weight excluding hydrogens is 296 g/mol. The van der Waals surface area contributed by atoms with Gasteiger partial charge in [-0.1, -0.05) is 12.1 Å². The highest BCUT2D eigenvalue weighted by molar-refractivity contribution is 7.20. The van der Waals surface area contributed by atoms with Crippen molar-refractivity contribution >= 4 is 34.6 Å². The second kappa shape index (κ2) is 6.44. The number of rotatable bonds is 6. The molecule has 20 heavy (non-hydrogen) atoms. The third kappa shape index (κ3) is 3.31. The zero-order chi connectivity index (χ0) is 14.5. The standard InChI is InChI=1S/C13H12N2O3S2/c1-2-5-15(7-11(16)17)13(18)9-8-20-12(14-9)10-4-3-6-19-10/h2-4,6,8H,1,5,7H2,(H,16,17). The van der Waals surface area contributed by atoms with E-state index >= 15 is 0 Å². The van der Waals surface area contributed by atoms with Crippen LogP contribution in [0.15, 0.2) is 35.5 Å². The molecule has 0 bridgehead atoms. The number of carboxylic acid groups (broad SMARTS) is 1. The normalized spacial score (nSPS) is 10.2. The van der Waals surface area contributed by atoms with Gasteiger partial charge in [-0.15, -0.1) is 29.3 Å². The third-order valence-corrected chi connectivity index (χ3v) is 4.30. The van der Waals surface area contributed by atoms with Crippen LogP contribution in [-0.4, -0.2) is 40.0 Å². The van der Waals surface area contributed by atoms with Gasteiger partial charge in [0.1, 0.15) is 17.2 Å². The zero-order valence-corrected chi connectivity index (χ0v) is 12.1. The van der Waals surface area contributed by atoms with E-state index in [1.807, 2.05) is 17.5 Å². The van der Waals surface area contributed by atoms with Crippen LogP contribution >= 0.6 is 22.7 Å². The van der Waals surface area contributed by atoms with Gasteiger partial charge in [0.15, 0.2) is 0 Å². The maximum absolute atomic E-state index is 12.2. The van der Waals surface area contributed by atoms with Gasteiger partial charge < -0.3 is 10.0 Å². The number of hydrogen-bond donors (Lipinski definition) is 1. The smallest absolute Gasteiger partial charge is 0.323 e. The molecule has 7 heteroatoms. The van der Waals surface area contributed by atoms with E-state index in [9.17, 15) is 9.59 Å². The lowest BCUT2D eigenvalue weighted by Crippen LogP contribution is -2.35. The van der Waals surface area contributed by atoms with E-state index in [-0.39, 0.29) is 18.8 Å². The van der Waals surface area contributed by atoms with Crippen LogP contribution in [0.25, 0.3) is 9.88 Å². The fraction of sp³-hybridized carbons (Fsp3) is 0.154. The summed E-state index contributed by atoms with van der Waals surface area (Å²) < 4.78 is 0. The summed E-state index contributed by atoms with van der Waals surface area (Å²) in [5, 5.41) is 13.2. The second-order valence-corrected chi connectivity index (χ2v) is 5.69. The van der Waals surface area contributed by atoms with Gasteiger partial charge in [0.25, 0.3) is 5.91 Å². The molecule has 0 radical (unpaired) electrons. The summed E-state index contributed by atoms with van der Waals surface area (Å²) in [6.07, 6.45) is 1.49. The third-order valence-electron chi connectivity index (χ3n) is 2.42. The molecule has 2 rings (SSSR count). The lowest BCUT2D eigenvalue weighted by Gasteiger charge is -2.17. The molecule has 0 fully saturated rings. The molecule has 5 nitrogen and oxygen atoms in total. The summed E-state index contributed by atoms with van der Waals surface area (Å²) >= 11 is 2.91. The molecule has 0 aliphatic carbocycles. The Morgan fingerprint density at radius 2 is 2.25 bits per heavy atom. The maximum atomic E-state index is 12.2. The molecule has 0 aliphatic heterocycles. The van der Waals surface area contributed by atoms with Crippen LogP contribution in [0.3, 0.4) is 0 Å². The molecule has 104 valence electrons. The van der Waals surface area contributed by atoms with Gasteiger partial charge in [0, 0.05) is 11.9 Å². The van der Waals surface area contributed by atoms with Gasteiger partial charge in [0.2, 0.25) is 0 Å². The van der Waals surface area contributed by atoms with Crippen molar-refractivity contribution in [2.45, 2.75) is 0 Å². The molecule has 1 N–H and O–H groups in total. The molecule has 0 unspecified atom stereocenters. The van der Waals surface area contributed by atoms with Crippen LogP contribution in [0.1, 0.15) is 10.5 Å². The van der Waals surface area contributed by atoms with Crippen molar-refractivity contribution in [3.8, 4) is 9.88 Å². The molecule has 2 heterocycles. The molecule has 0 atom stereocenters. The minimum Gasteiger partial charge on any atom is -0.480 e. The Kier molecular flexibility index (Phi) is 4.65. The number of aliphatic carboxylic acids is 1. The fourth-order valence-electron chi connectivity index (χ4n) is 1.59. The Hall–Kier alpha value is -1.99. The molecule has 0 aliphatic rings. The molecule has 0 aromatic carbocycles. The van der Waals surface area contributed by atoms with Crippen molar-refractivity contribution in [2.24, 2.45) is 0 Å². The number of nitrogens with zero attached hydrogens (tertiary/aromatic N) is 2.